The van der Waals surface area contributed by atoms with Gasteiger partial charge in [-0.3, -0.25) is 4.79 Å². The molecule has 4 heteroatoms. The summed E-state index contributed by atoms with van der Waals surface area (Å²) in [6, 6.07) is 6.21. The molecule has 0 aromatic heterocycles. The number of halogens is 1. The van der Waals surface area contributed by atoms with E-state index < -0.39 is 11.2 Å². The zero-order valence-corrected chi connectivity index (χ0v) is 10.5. The normalized spacial score (nSPS) is 10.0. The van der Waals surface area contributed by atoms with Gasteiger partial charge in [0, 0.05) is 5.56 Å². The summed E-state index contributed by atoms with van der Waals surface area (Å²) in [6.45, 7) is 2.49. The summed E-state index contributed by atoms with van der Waals surface area (Å²) >= 11 is 5.33. The maximum Gasteiger partial charge on any atom is 0.338 e. The Labute approximate surface area is 106 Å². The standard InChI is InChI=1S/C13H15ClO3/c1-2-3-4-8-17-13(16)11-7-5-6-10(9-11)12(14)15/h5-7,9H,2-4,8H2,1H3. The largest absolute Gasteiger partial charge is 0.462 e. The van der Waals surface area contributed by atoms with Crippen molar-refractivity contribution in [1.82, 2.24) is 0 Å². The van der Waals surface area contributed by atoms with Crippen molar-refractivity contribution in [3.8, 4) is 0 Å². The fourth-order valence-corrected chi connectivity index (χ4v) is 1.49. The lowest BCUT2D eigenvalue weighted by molar-refractivity contribution is 0.0498. The first-order valence-electron chi connectivity index (χ1n) is 5.62. The summed E-state index contributed by atoms with van der Waals surface area (Å²) < 4.78 is 5.07. The van der Waals surface area contributed by atoms with Crippen molar-refractivity contribution in [2.75, 3.05) is 6.61 Å². The molecule has 1 rings (SSSR count). The second kappa shape index (κ2) is 7.07. The van der Waals surface area contributed by atoms with Gasteiger partial charge in [0.15, 0.2) is 0 Å². The monoisotopic (exact) mass is 254 g/mol. The van der Waals surface area contributed by atoms with Gasteiger partial charge < -0.3 is 4.74 Å². The van der Waals surface area contributed by atoms with Gasteiger partial charge in [-0.1, -0.05) is 31.9 Å². The zero-order valence-electron chi connectivity index (χ0n) is 9.74. The predicted molar refractivity (Wildman–Crippen MR) is 66.4 cm³/mol. The second-order valence-corrected chi connectivity index (χ2v) is 4.04. The van der Waals surface area contributed by atoms with Crippen LogP contribution in [0.25, 0.3) is 0 Å². The van der Waals surface area contributed by atoms with Crippen molar-refractivity contribution >= 4 is 22.8 Å². The van der Waals surface area contributed by atoms with Crippen LogP contribution >= 0.6 is 11.6 Å². The van der Waals surface area contributed by atoms with Crippen LogP contribution in [-0.4, -0.2) is 17.8 Å². The Hall–Kier alpha value is -1.35. The number of hydrogen-bond donors (Lipinski definition) is 0. The molecule has 0 unspecified atom stereocenters. The summed E-state index contributed by atoms with van der Waals surface area (Å²) in [7, 11) is 0. The third-order valence-electron chi connectivity index (χ3n) is 2.31. The topological polar surface area (TPSA) is 43.4 Å². The van der Waals surface area contributed by atoms with Crippen LogP contribution in [0.5, 0.6) is 0 Å². The third-order valence-corrected chi connectivity index (χ3v) is 2.52. The first kappa shape index (κ1) is 13.7. The van der Waals surface area contributed by atoms with Gasteiger partial charge in [-0.2, -0.15) is 0 Å². The molecule has 1 aromatic rings. The minimum Gasteiger partial charge on any atom is -0.462 e. The molecule has 0 heterocycles. The Balaban J connectivity index is 2.56. The van der Waals surface area contributed by atoms with Crippen LogP contribution in [0.1, 0.15) is 46.9 Å². The first-order valence-corrected chi connectivity index (χ1v) is 6.00. The number of carbonyl (C=O) groups is 2. The highest BCUT2D eigenvalue weighted by Crippen LogP contribution is 2.09. The van der Waals surface area contributed by atoms with E-state index in [4.69, 9.17) is 16.3 Å². The fourth-order valence-electron chi connectivity index (χ4n) is 1.37. The minimum atomic E-state index is -0.578. The van der Waals surface area contributed by atoms with Gasteiger partial charge in [0.05, 0.1) is 12.2 Å². The predicted octanol–water partition coefficient (Wildman–Crippen LogP) is 3.41. The number of esters is 1. The van der Waals surface area contributed by atoms with Crippen molar-refractivity contribution < 1.29 is 14.3 Å². The van der Waals surface area contributed by atoms with Crippen LogP contribution in [0.2, 0.25) is 0 Å². The summed E-state index contributed by atoms with van der Waals surface area (Å²) in [5.74, 6) is -0.416. The Morgan fingerprint density at radius 3 is 2.59 bits per heavy atom. The molecule has 0 radical (unpaired) electrons. The summed E-state index contributed by atoms with van der Waals surface area (Å²) in [4.78, 5) is 22.5. The van der Waals surface area contributed by atoms with Gasteiger partial charge in [-0.05, 0) is 30.2 Å². The molecular formula is C13H15ClO3. The molecule has 0 atom stereocenters. The highest BCUT2D eigenvalue weighted by atomic mass is 35.5. The summed E-state index contributed by atoms with van der Waals surface area (Å²) in [5.41, 5.74) is 0.655. The van der Waals surface area contributed by atoms with Gasteiger partial charge >= 0.3 is 5.97 Å². The highest BCUT2D eigenvalue weighted by molar-refractivity contribution is 6.67. The molecule has 0 bridgehead atoms. The van der Waals surface area contributed by atoms with Crippen molar-refractivity contribution in [3.05, 3.63) is 35.4 Å². The number of ether oxygens (including phenoxy) is 1. The smallest absolute Gasteiger partial charge is 0.338 e. The van der Waals surface area contributed by atoms with E-state index in [0.717, 1.165) is 19.3 Å². The summed E-state index contributed by atoms with van der Waals surface area (Å²) in [6.07, 6.45) is 2.97. The third kappa shape index (κ3) is 4.57. The molecule has 17 heavy (non-hydrogen) atoms. The van der Waals surface area contributed by atoms with Crippen LogP contribution in [-0.2, 0) is 4.74 Å². The lowest BCUT2D eigenvalue weighted by Gasteiger charge is -2.04. The van der Waals surface area contributed by atoms with Crippen molar-refractivity contribution in [2.24, 2.45) is 0 Å². The molecule has 1 aromatic carbocycles. The van der Waals surface area contributed by atoms with Gasteiger partial charge in [0.25, 0.3) is 5.24 Å². The van der Waals surface area contributed by atoms with Gasteiger partial charge in [0.1, 0.15) is 0 Å². The van der Waals surface area contributed by atoms with Crippen LogP contribution in [0, 0.1) is 0 Å². The maximum atomic E-state index is 11.6. The van der Waals surface area contributed by atoms with E-state index >= 15 is 0 Å². The van der Waals surface area contributed by atoms with E-state index in [9.17, 15) is 9.59 Å². The van der Waals surface area contributed by atoms with E-state index in [1.807, 2.05) is 0 Å². The van der Waals surface area contributed by atoms with Crippen LogP contribution in [0.4, 0.5) is 0 Å². The lowest BCUT2D eigenvalue weighted by Crippen LogP contribution is -2.07. The number of carbonyl (C=O) groups excluding carboxylic acids is 2. The van der Waals surface area contributed by atoms with Crippen molar-refractivity contribution in [1.29, 1.82) is 0 Å². The molecule has 0 fully saturated rings. The Bertz CT molecular complexity index is 401. The Morgan fingerprint density at radius 1 is 1.24 bits per heavy atom. The fraction of sp³-hybridized carbons (Fsp3) is 0.385. The van der Waals surface area contributed by atoms with E-state index in [0.29, 0.717) is 17.7 Å². The minimum absolute atomic E-state index is 0.301. The molecule has 0 amide bonds. The maximum absolute atomic E-state index is 11.6. The molecule has 0 aliphatic rings. The van der Waals surface area contributed by atoms with E-state index in [-0.39, 0.29) is 0 Å². The zero-order chi connectivity index (χ0) is 12.7. The number of unbranched alkanes of at least 4 members (excludes halogenated alkanes) is 2. The van der Waals surface area contributed by atoms with E-state index in [2.05, 4.69) is 6.92 Å². The Kier molecular flexibility index (Phi) is 5.70. The van der Waals surface area contributed by atoms with Crippen LogP contribution < -0.4 is 0 Å². The van der Waals surface area contributed by atoms with Gasteiger partial charge in [-0.15, -0.1) is 0 Å². The number of benzene rings is 1. The SMILES string of the molecule is CCCCCOC(=O)c1cccc(C(=O)Cl)c1. The molecule has 3 nitrogen and oxygen atoms in total. The van der Waals surface area contributed by atoms with Crippen molar-refractivity contribution in [2.45, 2.75) is 26.2 Å². The average Bonchev–Trinajstić information content (AvgIpc) is 2.34. The number of hydrogen-bond acceptors (Lipinski definition) is 3. The molecule has 0 N–H and O–H groups in total. The van der Waals surface area contributed by atoms with Crippen LogP contribution in [0.3, 0.4) is 0 Å². The van der Waals surface area contributed by atoms with Gasteiger partial charge in [-0.25, -0.2) is 4.79 Å². The molecule has 0 spiro atoms. The molecular weight excluding hydrogens is 240 g/mol. The van der Waals surface area contributed by atoms with Crippen LogP contribution in [0.15, 0.2) is 24.3 Å². The quantitative estimate of drug-likeness (QED) is 0.444. The number of rotatable bonds is 6. The molecule has 92 valence electrons. The first-order chi connectivity index (χ1) is 8.15. The highest BCUT2D eigenvalue weighted by Gasteiger charge is 2.09. The average molecular weight is 255 g/mol. The summed E-state index contributed by atoms with van der Waals surface area (Å²) in [5, 5.41) is -0.578. The molecule has 0 saturated carbocycles. The molecule has 0 aliphatic carbocycles. The molecule has 0 aliphatic heterocycles. The van der Waals surface area contributed by atoms with E-state index in [1.54, 1.807) is 18.2 Å². The second-order valence-electron chi connectivity index (χ2n) is 3.70. The Morgan fingerprint density at radius 2 is 1.94 bits per heavy atom. The molecule has 0 saturated heterocycles. The van der Waals surface area contributed by atoms with E-state index in [1.165, 1.54) is 6.07 Å². The van der Waals surface area contributed by atoms with Crippen molar-refractivity contribution in [3.63, 3.8) is 0 Å². The lowest BCUT2D eigenvalue weighted by atomic mass is 10.1. The van der Waals surface area contributed by atoms with Gasteiger partial charge in [0.2, 0.25) is 0 Å².